The molecule has 0 amide bonds. The summed E-state index contributed by atoms with van der Waals surface area (Å²) in [6.07, 6.45) is 1.58. The number of aromatic carboxylic acids is 1. The van der Waals surface area contributed by atoms with Crippen LogP contribution < -0.4 is 0 Å². The van der Waals surface area contributed by atoms with Crippen molar-refractivity contribution < 1.29 is 9.90 Å². The van der Waals surface area contributed by atoms with Crippen LogP contribution in [0.5, 0.6) is 0 Å². The van der Waals surface area contributed by atoms with E-state index in [0.717, 1.165) is 16.9 Å². The molecule has 0 saturated heterocycles. The van der Waals surface area contributed by atoms with Crippen molar-refractivity contribution in [3.63, 3.8) is 0 Å². The van der Waals surface area contributed by atoms with Crippen LogP contribution in [0, 0.1) is 0 Å². The minimum Gasteiger partial charge on any atom is -0.478 e. The van der Waals surface area contributed by atoms with E-state index < -0.39 is 5.97 Å². The Labute approximate surface area is 120 Å². The van der Waals surface area contributed by atoms with E-state index in [9.17, 15) is 4.79 Å². The standard InChI is InChI=1S/C14H12ClNO2S/c1-2-19-11-5-3-9(4-6-11)10-7-12(14(17)18)13(15)16-8-10/h3-8H,2H2,1H3,(H,17,18). The zero-order valence-corrected chi connectivity index (χ0v) is 11.8. The lowest BCUT2D eigenvalue weighted by Crippen LogP contribution is -1.99. The van der Waals surface area contributed by atoms with Gasteiger partial charge in [0, 0.05) is 16.7 Å². The predicted molar refractivity (Wildman–Crippen MR) is 78.0 cm³/mol. The third kappa shape index (κ3) is 3.28. The summed E-state index contributed by atoms with van der Waals surface area (Å²) in [6.45, 7) is 2.10. The molecule has 98 valence electrons. The van der Waals surface area contributed by atoms with Crippen LogP contribution in [0.2, 0.25) is 5.15 Å². The maximum Gasteiger partial charge on any atom is 0.338 e. The van der Waals surface area contributed by atoms with Gasteiger partial charge in [0.1, 0.15) is 5.15 Å². The third-order valence-corrected chi connectivity index (χ3v) is 3.76. The molecule has 0 spiro atoms. The number of pyridine rings is 1. The molecule has 3 nitrogen and oxygen atoms in total. The molecule has 0 atom stereocenters. The molecule has 19 heavy (non-hydrogen) atoms. The highest BCUT2D eigenvalue weighted by Gasteiger charge is 2.11. The second kappa shape index (κ2) is 6.08. The van der Waals surface area contributed by atoms with Crippen molar-refractivity contribution in [2.45, 2.75) is 11.8 Å². The van der Waals surface area contributed by atoms with E-state index >= 15 is 0 Å². The van der Waals surface area contributed by atoms with Crippen LogP contribution in [-0.4, -0.2) is 21.8 Å². The summed E-state index contributed by atoms with van der Waals surface area (Å²) in [5.41, 5.74) is 1.69. The number of carbonyl (C=O) groups is 1. The first-order valence-corrected chi connectivity index (χ1v) is 7.10. The molecule has 0 bridgehead atoms. The minimum atomic E-state index is -1.07. The fourth-order valence-electron chi connectivity index (χ4n) is 1.67. The zero-order valence-electron chi connectivity index (χ0n) is 10.3. The van der Waals surface area contributed by atoms with E-state index in [1.807, 2.05) is 24.3 Å². The number of aromatic nitrogens is 1. The summed E-state index contributed by atoms with van der Waals surface area (Å²) in [6, 6.07) is 9.47. The summed E-state index contributed by atoms with van der Waals surface area (Å²) in [5.74, 6) is -0.0529. The number of benzene rings is 1. The average molecular weight is 294 g/mol. The Morgan fingerprint density at radius 3 is 2.58 bits per heavy atom. The van der Waals surface area contributed by atoms with Crippen molar-refractivity contribution in [3.05, 3.63) is 47.2 Å². The third-order valence-electron chi connectivity index (χ3n) is 2.57. The Bertz CT molecular complexity index is 599. The lowest BCUT2D eigenvalue weighted by Gasteiger charge is -2.05. The van der Waals surface area contributed by atoms with Gasteiger partial charge in [0.15, 0.2) is 0 Å². The quantitative estimate of drug-likeness (QED) is 0.677. The van der Waals surface area contributed by atoms with Crippen LogP contribution in [-0.2, 0) is 0 Å². The molecular weight excluding hydrogens is 282 g/mol. The largest absolute Gasteiger partial charge is 0.478 e. The molecule has 5 heteroatoms. The van der Waals surface area contributed by atoms with Crippen molar-refractivity contribution in [2.75, 3.05) is 5.75 Å². The number of carboxylic acid groups (broad SMARTS) is 1. The number of nitrogens with zero attached hydrogens (tertiary/aromatic N) is 1. The molecule has 2 aromatic rings. The second-order valence-corrected chi connectivity index (χ2v) is 5.52. The van der Waals surface area contributed by atoms with Crippen molar-refractivity contribution in [3.8, 4) is 11.1 Å². The molecule has 1 aromatic carbocycles. The molecule has 0 aliphatic carbocycles. The molecule has 0 radical (unpaired) electrons. The lowest BCUT2D eigenvalue weighted by molar-refractivity contribution is 0.0696. The normalized spacial score (nSPS) is 10.4. The highest BCUT2D eigenvalue weighted by Crippen LogP contribution is 2.26. The van der Waals surface area contributed by atoms with Gasteiger partial charge in [-0.2, -0.15) is 0 Å². The SMILES string of the molecule is CCSc1ccc(-c2cnc(Cl)c(C(=O)O)c2)cc1. The summed E-state index contributed by atoms with van der Waals surface area (Å²) in [5, 5.41) is 9.03. The van der Waals surface area contributed by atoms with Gasteiger partial charge in [0.25, 0.3) is 0 Å². The molecule has 1 N–H and O–H groups in total. The molecule has 0 aliphatic heterocycles. The smallest absolute Gasteiger partial charge is 0.338 e. The maximum absolute atomic E-state index is 11.0. The van der Waals surface area contributed by atoms with E-state index in [0.29, 0.717) is 0 Å². The monoisotopic (exact) mass is 293 g/mol. The van der Waals surface area contributed by atoms with E-state index in [-0.39, 0.29) is 10.7 Å². The van der Waals surface area contributed by atoms with Gasteiger partial charge in [-0.15, -0.1) is 11.8 Å². The van der Waals surface area contributed by atoms with Gasteiger partial charge in [-0.05, 0) is 29.5 Å². The van der Waals surface area contributed by atoms with Gasteiger partial charge in [-0.25, -0.2) is 9.78 Å². The summed E-state index contributed by atoms with van der Waals surface area (Å²) < 4.78 is 0. The Morgan fingerprint density at radius 1 is 1.32 bits per heavy atom. The fourth-order valence-corrected chi connectivity index (χ4v) is 2.51. The molecule has 1 aromatic heterocycles. The number of hydrogen-bond acceptors (Lipinski definition) is 3. The highest BCUT2D eigenvalue weighted by atomic mass is 35.5. The number of halogens is 1. The Kier molecular flexibility index (Phi) is 4.45. The van der Waals surface area contributed by atoms with Crippen molar-refractivity contribution in [1.29, 1.82) is 0 Å². The first-order chi connectivity index (χ1) is 9.11. The Morgan fingerprint density at radius 2 is 2.00 bits per heavy atom. The molecule has 1 heterocycles. The molecule has 0 aliphatic rings. The van der Waals surface area contributed by atoms with Gasteiger partial charge in [0.05, 0.1) is 5.56 Å². The molecule has 0 fully saturated rings. The Hall–Kier alpha value is -1.52. The van der Waals surface area contributed by atoms with Crippen molar-refractivity contribution in [2.24, 2.45) is 0 Å². The van der Waals surface area contributed by atoms with Crippen molar-refractivity contribution in [1.82, 2.24) is 4.98 Å². The topological polar surface area (TPSA) is 50.2 Å². The summed E-state index contributed by atoms with van der Waals surface area (Å²) in [4.78, 5) is 16.1. The van der Waals surface area contributed by atoms with Gasteiger partial charge < -0.3 is 5.11 Å². The average Bonchev–Trinajstić information content (AvgIpc) is 2.40. The number of thioether (sulfide) groups is 1. The van der Waals surface area contributed by atoms with E-state index in [1.165, 1.54) is 4.90 Å². The van der Waals surface area contributed by atoms with Gasteiger partial charge in [0.2, 0.25) is 0 Å². The molecular formula is C14H12ClNO2S. The van der Waals surface area contributed by atoms with E-state index in [4.69, 9.17) is 16.7 Å². The maximum atomic E-state index is 11.0. The number of carboxylic acids is 1. The molecule has 0 unspecified atom stereocenters. The van der Waals surface area contributed by atoms with Crippen molar-refractivity contribution >= 4 is 29.3 Å². The van der Waals surface area contributed by atoms with Gasteiger partial charge in [-0.3, -0.25) is 0 Å². The predicted octanol–water partition coefficient (Wildman–Crippen LogP) is 4.21. The number of rotatable bonds is 4. The Balaban J connectivity index is 2.36. The molecule has 2 rings (SSSR count). The van der Waals surface area contributed by atoms with Gasteiger partial charge >= 0.3 is 5.97 Å². The summed E-state index contributed by atoms with van der Waals surface area (Å²) >= 11 is 7.51. The van der Waals surface area contributed by atoms with Gasteiger partial charge in [-0.1, -0.05) is 30.7 Å². The first-order valence-electron chi connectivity index (χ1n) is 5.74. The highest BCUT2D eigenvalue weighted by molar-refractivity contribution is 7.99. The summed E-state index contributed by atoms with van der Waals surface area (Å²) in [7, 11) is 0. The van der Waals surface area contributed by atoms with Crippen LogP contribution in [0.3, 0.4) is 0 Å². The van der Waals surface area contributed by atoms with Crippen LogP contribution in [0.15, 0.2) is 41.4 Å². The van der Waals surface area contributed by atoms with Crippen LogP contribution in [0.4, 0.5) is 0 Å². The zero-order chi connectivity index (χ0) is 13.8. The molecule has 0 saturated carbocycles. The fraction of sp³-hybridized carbons (Fsp3) is 0.143. The first kappa shape index (κ1) is 13.9. The van der Waals surface area contributed by atoms with E-state index in [1.54, 1.807) is 24.0 Å². The van der Waals surface area contributed by atoms with Crippen LogP contribution in [0.1, 0.15) is 17.3 Å². The van der Waals surface area contributed by atoms with E-state index in [2.05, 4.69) is 11.9 Å². The van der Waals surface area contributed by atoms with Crippen LogP contribution in [0.25, 0.3) is 11.1 Å². The van der Waals surface area contributed by atoms with Crippen LogP contribution >= 0.6 is 23.4 Å². The lowest BCUT2D eigenvalue weighted by atomic mass is 10.1. The second-order valence-electron chi connectivity index (χ2n) is 3.82. The number of hydrogen-bond donors (Lipinski definition) is 1. The minimum absolute atomic E-state index is 0.00871.